The lowest BCUT2D eigenvalue weighted by Crippen LogP contribution is -2.50. The van der Waals surface area contributed by atoms with Crippen LogP contribution in [0.4, 0.5) is 4.79 Å². The number of rotatable bonds is 1. The zero-order chi connectivity index (χ0) is 14.8. The summed E-state index contributed by atoms with van der Waals surface area (Å²) in [7, 11) is 0. The average molecular weight is 342 g/mol. The van der Waals surface area contributed by atoms with Crippen molar-refractivity contribution >= 4 is 22.0 Å². The van der Waals surface area contributed by atoms with E-state index in [0.717, 1.165) is 16.7 Å². The van der Waals surface area contributed by atoms with Gasteiger partial charge in [-0.25, -0.2) is 9.78 Å². The van der Waals surface area contributed by atoms with E-state index in [2.05, 4.69) is 26.2 Å². The molecule has 1 aliphatic heterocycles. The van der Waals surface area contributed by atoms with E-state index in [9.17, 15) is 4.79 Å². The number of amides is 1. The number of carbonyl (C=O) groups is 1. The first kappa shape index (κ1) is 15.3. The zero-order valence-electron chi connectivity index (χ0n) is 12.0. The van der Waals surface area contributed by atoms with Crippen LogP contribution in [0.25, 0.3) is 0 Å². The summed E-state index contributed by atoms with van der Waals surface area (Å²) in [5.74, 6) is 0. The maximum absolute atomic E-state index is 12.3. The predicted octanol–water partition coefficient (Wildman–Crippen LogP) is 2.73. The number of ether oxygens (including phenoxy) is 1. The molecule has 0 spiro atoms. The second kappa shape index (κ2) is 6.10. The first-order valence-electron chi connectivity index (χ1n) is 6.69. The molecule has 1 N–H and O–H groups in total. The standard InChI is InChI=1S/C14H20BrN3O2/c1-14(2,3)20-13(19)18-8-7-16-9-11(18)10-5-4-6-17-12(10)15/h4-6,11,16H,7-9H2,1-3H3. The van der Waals surface area contributed by atoms with Crippen LogP contribution in [0.3, 0.4) is 0 Å². The molecule has 0 aromatic carbocycles. The molecule has 1 aromatic rings. The first-order valence-corrected chi connectivity index (χ1v) is 7.48. The highest BCUT2D eigenvalue weighted by atomic mass is 79.9. The number of hydrogen-bond acceptors (Lipinski definition) is 4. The normalized spacial score (nSPS) is 19.8. The van der Waals surface area contributed by atoms with Gasteiger partial charge in [-0.15, -0.1) is 0 Å². The van der Waals surface area contributed by atoms with Crippen molar-refractivity contribution in [2.75, 3.05) is 19.6 Å². The van der Waals surface area contributed by atoms with Crippen molar-refractivity contribution in [1.82, 2.24) is 15.2 Å². The van der Waals surface area contributed by atoms with Crippen molar-refractivity contribution in [2.45, 2.75) is 32.4 Å². The summed E-state index contributed by atoms with van der Waals surface area (Å²) in [5, 5.41) is 3.31. The van der Waals surface area contributed by atoms with Gasteiger partial charge in [0.2, 0.25) is 0 Å². The van der Waals surface area contributed by atoms with E-state index < -0.39 is 5.60 Å². The van der Waals surface area contributed by atoms with E-state index in [1.807, 2.05) is 32.9 Å². The lowest BCUT2D eigenvalue weighted by Gasteiger charge is -2.37. The number of nitrogens with one attached hydrogen (secondary N) is 1. The maximum Gasteiger partial charge on any atom is 0.410 e. The monoisotopic (exact) mass is 341 g/mol. The van der Waals surface area contributed by atoms with Crippen LogP contribution in [0.2, 0.25) is 0 Å². The molecular formula is C14H20BrN3O2. The van der Waals surface area contributed by atoms with Crippen LogP contribution in [0.15, 0.2) is 22.9 Å². The van der Waals surface area contributed by atoms with Crippen LogP contribution in [-0.4, -0.2) is 41.2 Å². The van der Waals surface area contributed by atoms with Crippen molar-refractivity contribution < 1.29 is 9.53 Å². The molecule has 5 nitrogen and oxygen atoms in total. The maximum atomic E-state index is 12.3. The molecule has 6 heteroatoms. The highest BCUT2D eigenvalue weighted by molar-refractivity contribution is 9.10. The van der Waals surface area contributed by atoms with Gasteiger partial charge in [0, 0.05) is 31.4 Å². The molecular weight excluding hydrogens is 322 g/mol. The number of carbonyl (C=O) groups excluding carboxylic acids is 1. The molecule has 2 rings (SSSR count). The van der Waals surface area contributed by atoms with E-state index in [-0.39, 0.29) is 12.1 Å². The number of piperazine rings is 1. The Morgan fingerprint density at radius 1 is 1.55 bits per heavy atom. The van der Waals surface area contributed by atoms with Crippen LogP contribution in [-0.2, 0) is 4.74 Å². The summed E-state index contributed by atoms with van der Waals surface area (Å²) in [6.45, 7) is 7.73. The number of halogens is 1. The second-order valence-electron chi connectivity index (χ2n) is 5.78. The molecule has 1 aromatic heterocycles. The molecule has 1 saturated heterocycles. The Balaban J connectivity index is 2.22. The van der Waals surface area contributed by atoms with Gasteiger partial charge >= 0.3 is 6.09 Å². The Labute approximate surface area is 127 Å². The van der Waals surface area contributed by atoms with Crippen LogP contribution in [0.5, 0.6) is 0 Å². The fraction of sp³-hybridized carbons (Fsp3) is 0.571. The molecule has 1 aliphatic rings. The molecule has 2 heterocycles. The molecule has 1 amide bonds. The third kappa shape index (κ3) is 3.70. The van der Waals surface area contributed by atoms with Gasteiger partial charge in [-0.1, -0.05) is 6.07 Å². The minimum absolute atomic E-state index is 0.0679. The summed E-state index contributed by atoms with van der Waals surface area (Å²) < 4.78 is 6.26. The molecule has 20 heavy (non-hydrogen) atoms. The van der Waals surface area contributed by atoms with Gasteiger partial charge in [-0.3, -0.25) is 4.90 Å². The largest absolute Gasteiger partial charge is 0.444 e. The Hall–Kier alpha value is -1.14. The van der Waals surface area contributed by atoms with E-state index >= 15 is 0 Å². The zero-order valence-corrected chi connectivity index (χ0v) is 13.6. The highest BCUT2D eigenvalue weighted by Crippen LogP contribution is 2.28. The molecule has 0 saturated carbocycles. The van der Waals surface area contributed by atoms with E-state index in [1.165, 1.54) is 0 Å². The van der Waals surface area contributed by atoms with Crippen molar-refractivity contribution in [3.63, 3.8) is 0 Å². The topological polar surface area (TPSA) is 54.5 Å². The number of hydrogen-bond donors (Lipinski definition) is 1. The fourth-order valence-corrected chi connectivity index (χ4v) is 2.68. The average Bonchev–Trinajstić information content (AvgIpc) is 2.37. The summed E-state index contributed by atoms with van der Waals surface area (Å²) in [4.78, 5) is 18.3. The minimum Gasteiger partial charge on any atom is -0.444 e. The Kier molecular flexibility index (Phi) is 4.65. The molecule has 1 unspecified atom stereocenters. The van der Waals surface area contributed by atoms with E-state index in [1.54, 1.807) is 11.1 Å². The van der Waals surface area contributed by atoms with Crippen molar-refractivity contribution in [3.8, 4) is 0 Å². The van der Waals surface area contributed by atoms with Gasteiger partial charge in [0.25, 0.3) is 0 Å². The first-order chi connectivity index (χ1) is 9.38. The third-order valence-electron chi connectivity index (χ3n) is 3.02. The minimum atomic E-state index is -0.487. The van der Waals surface area contributed by atoms with Crippen molar-refractivity contribution in [1.29, 1.82) is 0 Å². The van der Waals surface area contributed by atoms with E-state index in [4.69, 9.17) is 4.74 Å². The summed E-state index contributed by atoms with van der Waals surface area (Å²) in [5.41, 5.74) is 0.504. The number of aromatic nitrogens is 1. The van der Waals surface area contributed by atoms with Gasteiger partial charge in [-0.05, 0) is 42.8 Å². The van der Waals surface area contributed by atoms with Gasteiger partial charge in [0.05, 0.1) is 6.04 Å². The van der Waals surface area contributed by atoms with Crippen LogP contribution in [0, 0.1) is 0 Å². The molecule has 1 fully saturated rings. The van der Waals surface area contributed by atoms with Crippen LogP contribution < -0.4 is 5.32 Å². The van der Waals surface area contributed by atoms with Gasteiger partial charge < -0.3 is 10.1 Å². The number of nitrogens with zero attached hydrogens (tertiary/aromatic N) is 2. The third-order valence-corrected chi connectivity index (χ3v) is 3.68. The fourth-order valence-electron chi connectivity index (χ4n) is 2.17. The Morgan fingerprint density at radius 3 is 2.95 bits per heavy atom. The smallest absolute Gasteiger partial charge is 0.410 e. The summed E-state index contributed by atoms with van der Waals surface area (Å²) in [6.07, 6.45) is 1.45. The quantitative estimate of drug-likeness (QED) is 0.798. The van der Waals surface area contributed by atoms with Gasteiger partial charge in [0.15, 0.2) is 0 Å². The SMILES string of the molecule is CC(C)(C)OC(=O)N1CCNCC1c1cccnc1Br. The van der Waals surface area contributed by atoms with Crippen LogP contribution >= 0.6 is 15.9 Å². The lowest BCUT2D eigenvalue weighted by molar-refractivity contribution is 0.0117. The molecule has 0 radical (unpaired) electrons. The molecule has 0 aliphatic carbocycles. The number of pyridine rings is 1. The lowest BCUT2D eigenvalue weighted by atomic mass is 10.1. The van der Waals surface area contributed by atoms with Crippen LogP contribution in [0.1, 0.15) is 32.4 Å². The van der Waals surface area contributed by atoms with Gasteiger partial charge in [0.1, 0.15) is 10.2 Å². The van der Waals surface area contributed by atoms with Gasteiger partial charge in [-0.2, -0.15) is 0 Å². The highest BCUT2D eigenvalue weighted by Gasteiger charge is 2.32. The van der Waals surface area contributed by atoms with Crippen molar-refractivity contribution in [2.24, 2.45) is 0 Å². The van der Waals surface area contributed by atoms with E-state index in [0.29, 0.717) is 13.1 Å². The molecule has 110 valence electrons. The Bertz CT molecular complexity index is 488. The molecule has 1 atom stereocenters. The summed E-state index contributed by atoms with van der Waals surface area (Å²) in [6, 6.07) is 3.79. The van der Waals surface area contributed by atoms with Crippen molar-refractivity contribution in [3.05, 3.63) is 28.5 Å². The summed E-state index contributed by atoms with van der Waals surface area (Å²) >= 11 is 3.45. The second-order valence-corrected chi connectivity index (χ2v) is 6.53. The Morgan fingerprint density at radius 2 is 2.30 bits per heavy atom. The molecule has 0 bridgehead atoms. The predicted molar refractivity (Wildman–Crippen MR) is 80.5 cm³/mol.